The summed E-state index contributed by atoms with van der Waals surface area (Å²) in [5, 5.41) is 10.2. The topological polar surface area (TPSA) is 20.2 Å². The Labute approximate surface area is 90.9 Å². The summed E-state index contributed by atoms with van der Waals surface area (Å²) in [7, 11) is 0. The molecular weight excluding hydrogens is 251 g/mol. The lowest BCUT2D eigenvalue weighted by molar-refractivity contribution is 0.122. The van der Waals surface area contributed by atoms with E-state index in [4.69, 9.17) is 18.0 Å². The van der Waals surface area contributed by atoms with Gasteiger partial charge in [-0.3, -0.25) is 0 Å². The van der Waals surface area contributed by atoms with E-state index in [1.165, 1.54) is 6.92 Å². The minimum atomic E-state index is -1.31. The summed E-state index contributed by atoms with van der Waals surface area (Å²) in [4.78, 5) is 0. The zero-order valence-corrected chi connectivity index (χ0v) is 9.35. The molecule has 3 heteroatoms. The Balaban J connectivity index is 3.26. The van der Waals surface area contributed by atoms with Crippen LogP contribution in [0.25, 0.3) is 0 Å². The molecular formula is C10H8BrClO. The van der Waals surface area contributed by atoms with Crippen molar-refractivity contribution < 1.29 is 5.11 Å². The molecule has 0 aliphatic rings. The van der Waals surface area contributed by atoms with Gasteiger partial charge >= 0.3 is 0 Å². The van der Waals surface area contributed by atoms with Gasteiger partial charge in [0, 0.05) is 15.1 Å². The van der Waals surface area contributed by atoms with Gasteiger partial charge in [-0.25, -0.2) is 0 Å². The molecule has 1 nitrogen and oxygen atoms in total. The maximum absolute atomic E-state index is 9.73. The minimum absolute atomic E-state index is 0.456. The lowest BCUT2D eigenvalue weighted by atomic mass is 9.97. The van der Waals surface area contributed by atoms with Crippen molar-refractivity contribution in [2.75, 3.05) is 0 Å². The van der Waals surface area contributed by atoms with Crippen LogP contribution in [0, 0.1) is 12.3 Å². The molecule has 0 amide bonds. The smallest absolute Gasteiger partial charge is 0.149 e. The fourth-order valence-electron chi connectivity index (χ4n) is 0.962. The number of halogens is 2. The van der Waals surface area contributed by atoms with Crippen LogP contribution in [0.15, 0.2) is 22.7 Å². The van der Waals surface area contributed by atoms with E-state index in [0.717, 1.165) is 4.47 Å². The van der Waals surface area contributed by atoms with Gasteiger partial charge in [0.05, 0.1) is 0 Å². The van der Waals surface area contributed by atoms with Gasteiger partial charge in [0.15, 0.2) is 0 Å². The highest BCUT2D eigenvalue weighted by Crippen LogP contribution is 2.29. The van der Waals surface area contributed by atoms with Crippen LogP contribution in [0.3, 0.4) is 0 Å². The maximum Gasteiger partial charge on any atom is 0.149 e. The first kappa shape index (κ1) is 10.6. The van der Waals surface area contributed by atoms with E-state index in [9.17, 15) is 5.11 Å². The largest absolute Gasteiger partial charge is 0.374 e. The molecule has 1 rings (SSSR count). The maximum atomic E-state index is 9.73. The van der Waals surface area contributed by atoms with Gasteiger partial charge in [0.25, 0.3) is 0 Å². The van der Waals surface area contributed by atoms with E-state index in [-0.39, 0.29) is 0 Å². The number of benzene rings is 1. The van der Waals surface area contributed by atoms with E-state index in [0.29, 0.717) is 10.6 Å². The zero-order chi connectivity index (χ0) is 10.1. The van der Waals surface area contributed by atoms with Crippen LogP contribution < -0.4 is 0 Å². The Kier molecular flexibility index (Phi) is 3.02. The molecule has 0 fully saturated rings. The Bertz CT molecular complexity index is 366. The first-order chi connectivity index (χ1) is 5.97. The Morgan fingerprint density at radius 2 is 2.23 bits per heavy atom. The second kappa shape index (κ2) is 3.71. The molecule has 0 aliphatic carbocycles. The van der Waals surface area contributed by atoms with Crippen molar-refractivity contribution in [1.82, 2.24) is 0 Å². The molecule has 0 bridgehead atoms. The van der Waals surface area contributed by atoms with Gasteiger partial charge in [-0.05, 0) is 19.1 Å². The van der Waals surface area contributed by atoms with Crippen LogP contribution in [0.5, 0.6) is 0 Å². The van der Waals surface area contributed by atoms with E-state index in [2.05, 4.69) is 21.9 Å². The molecule has 1 N–H and O–H groups in total. The Morgan fingerprint density at radius 3 is 2.69 bits per heavy atom. The predicted octanol–water partition coefficient (Wildman–Crippen LogP) is 2.94. The van der Waals surface area contributed by atoms with Crippen LogP contribution in [0.1, 0.15) is 12.5 Å². The molecule has 0 radical (unpaired) electrons. The summed E-state index contributed by atoms with van der Waals surface area (Å²) in [5.41, 5.74) is -0.766. The van der Waals surface area contributed by atoms with E-state index in [1.807, 2.05) is 0 Å². The van der Waals surface area contributed by atoms with Crippen LogP contribution in [-0.2, 0) is 5.60 Å². The van der Waals surface area contributed by atoms with Crippen molar-refractivity contribution in [3.05, 3.63) is 33.3 Å². The summed E-state index contributed by atoms with van der Waals surface area (Å²) in [5.74, 6) is 2.27. The lowest BCUT2D eigenvalue weighted by Crippen LogP contribution is -2.18. The average molecular weight is 260 g/mol. The van der Waals surface area contributed by atoms with Crippen LogP contribution >= 0.6 is 27.5 Å². The monoisotopic (exact) mass is 258 g/mol. The highest BCUT2D eigenvalue weighted by molar-refractivity contribution is 9.10. The van der Waals surface area contributed by atoms with Crippen molar-refractivity contribution in [1.29, 1.82) is 0 Å². The summed E-state index contributed by atoms with van der Waals surface area (Å²) in [6.45, 7) is 1.53. The summed E-state index contributed by atoms with van der Waals surface area (Å²) < 4.78 is 0.856. The molecule has 0 saturated heterocycles. The molecule has 0 heterocycles. The number of rotatable bonds is 1. The minimum Gasteiger partial charge on any atom is -0.374 e. The van der Waals surface area contributed by atoms with Gasteiger partial charge in [0.2, 0.25) is 0 Å². The second-order valence-electron chi connectivity index (χ2n) is 2.84. The van der Waals surface area contributed by atoms with Gasteiger partial charge in [-0.1, -0.05) is 39.5 Å². The first-order valence-corrected chi connectivity index (χ1v) is 4.80. The van der Waals surface area contributed by atoms with Crippen molar-refractivity contribution in [3.8, 4) is 12.3 Å². The predicted molar refractivity (Wildman–Crippen MR) is 57.6 cm³/mol. The first-order valence-electron chi connectivity index (χ1n) is 3.63. The van der Waals surface area contributed by atoms with E-state index in [1.54, 1.807) is 18.2 Å². The number of terminal acetylenes is 1. The molecule has 0 aromatic heterocycles. The van der Waals surface area contributed by atoms with Crippen molar-refractivity contribution in [2.45, 2.75) is 12.5 Å². The number of hydrogen-bond donors (Lipinski definition) is 1. The van der Waals surface area contributed by atoms with Crippen LogP contribution in [0.2, 0.25) is 5.02 Å². The lowest BCUT2D eigenvalue weighted by Gasteiger charge is -2.18. The molecule has 1 unspecified atom stereocenters. The third kappa shape index (κ3) is 2.25. The summed E-state index contributed by atoms with van der Waals surface area (Å²) in [6.07, 6.45) is 5.17. The fraction of sp³-hybridized carbons (Fsp3) is 0.200. The quantitative estimate of drug-likeness (QED) is 0.769. The second-order valence-corrected chi connectivity index (χ2v) is 4.16. The molecule has 0 spiro atoms. The SMILES string of the molecule is C#CC(C)(O)c1ccc(Br)cc1Cl. The molecule has 1 aromatic carbocycles. The summed E-state index contributed by atoms with van der Waals surface area (Å²) >= 11 is 9.17. The van der Waals surface area contributed by atoms with Gasteiger partial charge in [-0.15, -0.1) is 6.42 Å². The molecule has 0 saturated carbocycles. The molecule has 1 aromatic rings. The zero-order valence-electron chi connectivity index (χ0n) is 7.01. The van der Waals surface area contributed by atoms with Crippen LogP contribution in [-0.4, -0.2) is 5.11 Å². The standard InChI is InChI=1S/C10H8BrClO/c1-3-10(2,13)8-5-4-7(11)6-9(8)12/h1,4-6,13H,2H3. The van der Waals surface area contributed by atoms with E-state index >= 15 is 0 Å². The van der Waals surface area contributed by atoms with Crippen LogP contribution in [0.4, 0.5) is 0 Å². The summed E-state index contributed by atoms with van der Waals surface area (Å²) in [6, 6.07) is 5.18. The van der Waals surface area contributed by atoms with Crippen molar-refractivity contribution >= 4 is 27.5 Å². The van der Waals surface area contributed by atoms with Crippen molar-refractivity contribution in [2.24, 2.45) is 0 Å². The van der Waals surface area contributed by atoms with Gasteiger partial charge in [-0.2, -0.15) is 0 Å². The molecule has 68 valence electrons. The van der Waals surface area contributed by atoms with Gasteiger partial charge < -0.3 is 5.11 Å². The Hall–Kier alpha value is -0.490. The van der Waals surface area contributed by atoms with E-state index < -0.39 is 5.60 Å². The molecule has 0 aliphatic heterocycles. The van der Waals surface area contributed by atoms with Gasteiger partial charge in [0.1, 0.15) is 5.60 Å². The number of hydrogen-bond acceptors (Lipinski definition) is 1. The van der Waals surface area contributed by atoms with Crippen molar-refractivity contribution in [3.63, 3.8) is 0 Å². The molecule has 1 atom stereocenters. The highest BCUT2D eigenvalue weighted by atomic mass is 79.9. The molecule has 13 heavy (non-hydrogen) atoms. The number of aliphatic hydroxyl groups is 1. The highest BCUT2D eigenvalue weighted by Gasteiger charge is 2.22. The third-order valence-electron chi connectivity index (χ3n) is 1.74. The Morgan fingerprint density at radius 1 is 1.62 bits per heavy atom. The third-order valence-corrected chi connectivity index (χ3v) is 2.54. The average Bonchev–Trinajstić information content (AvgIpc) is 2.03. The fourth-order valence-corrected chi connectivity index (χ4v) is 1.82. The normalized spacial score (nSPS) is 14.7.